The lowest BCUT2D eigenvalue weighted by molar-refractivity contribution is -0.134. The summed E-state index contributed by atoms with van der Waals surface area (Å²) in [4.78, 5) is 14.3. The van der Waals surface area contributed by atoms with Crippen molar-refractivity contribution in [3.8, 4) is 0 Å². The number of nitrogens with two attached hydrogens (primary N) is 1. The molecule has 6 heteroatoms. The van der Waals surface area contributed by atoms with E-state index in [1.165, 1.54) is 6.42 Å². The molecule has 1 atom stereocenters. The molecule has 0 spiro atoms. The fourth-order valence-corrected chi connectivity index (χ4v) is 2.86. The minimum Gasteiger partial charge on any atom is -0.409 e. The average Bonchev–Trinajstić information content (AvgIpc) is 3.24. The molecule has 1 saturated heterocycles. The molecule has 114 valence electrons. The Kier molecular flexibility index (Phi) is 4.86. The van der Waals surface area contributed by atoms with Crippen LogP contribution in [0.5, 0.6) is 0 Å². The van der Waals surface area contributed by atoms with E-state index in [-0.39, 0.29) is 23.2 Å². The molecule has 0 radical (unpaired) electrons. The van der Waals surface area contributed by atoms with Crippen molar-refractivity contribution < 1.29 is 10.0 Å². The largest absolute Gasteiger partial charge is 0.409 e. The second-order valence-electron chi connectivity index (χ2n) is 6.26. The van der Waals surface area contributed by atoms with E-state index in [0.717, 1.165) is 45.3 Å². The number of piperidine rings is 1. The molecule has 0 aromatic rings. The highest BCUT2D eigenvalue weighted by molar-refractivity contribution is 5.82. The van der Waals surface area contributed by atoms with Crippen LogP contribution in [0.2, 0.25) is 0 Å². The van der Waals surface area contributed by atoms with Crippen LogP contribution < -0.4 is 11.1 Å². The summed E-state index contributed by atoms with van der Waals surface area (Å²) >= 11 is 0. The van der Waals surface area contributed by atoms with Gasteiger partial charge in [-0.05, 0) is 44.4 Å². The van der Waals surface area contributed by atoms with Crippen molar-refractivity contribution >= 4 is 11.7 Å². The molecule has 1 heterocycles. The monoisotopic (exact) mass is 282 g/mol. The van der Waals surface area contributed by atoms with Crippen molar-refractivity contribution in [2.24, 2.45) is 16.3 Å². The Morgan fingerprint density at radius 1 is 1.40 bits per heavy atom. The molecule has 6 nitrogen and oxygen atoms in total. The van der Waals surface area contributed by atoms with Crippen LogP contribution in [0.25, 0.3) is 0 Å². The number of oxime groups is 1. The maximum atomic E-state index is 12.3. The van der Waals surface area contributed by atoms with Crippen LogP contribution >= 0.6 is 0 Å². The predicted octanol–water partition coefficient (Wildman–Crippen LogP) is 0.894. The summed E-state index contributed by atoms with van der Waals surface area (Å²) in [5.74, 6) is 0.476. The van der Waals surface area contributed by atoms with Gasteiger partial charge in [0.15, 0.2) is 0 Å². The molecule has 0 aromatic carbocycles. The Hall–Kier alpha value is -1.30. The van der Waals surface area contributed by atoms with E-state index in [1.54, 1.807) is 0 Å². The SMILES string of the molecule is CC(NCC1(CC(N)=NO)CC1)C(=O)N1CCCCC1. The fourth-order valence-electron chi connectivity index (χ4n) is 2.86. The Bertz CT molecular complexity index is 373. The first-order valence-corrected chi connectivity index (χ1v) is 7.55. The van der Waals surface area contributed by atoms with Gasteiger partial charge < -0.3 is 21.2 Å². The van der Waals surface area contributed by atoms with E-state index in [0.29, 0.717) is 6.42 Å². The number of rotatable bonds is 6. The van der Waals surface area contributed by atoms with Gasteiger partial charge in [-0.2, -0.15) is 0 Å². The first-order valence-electron chi connectivity index (χ1n) is 7.55. The predicted molar refractivity (Wildman–Crippen MR) is 77.6 cm³/mol. The van der Waals surface area contributed by atoms with Gasteiger partial charge in [0.2, 0.25) is 5.91 Å². The molecule has 0 bridgehead atoms. The summed E-state index contributed by atoms with van der Waals surface area (Å²) in [6.45, 7) is 4.46. The summed E-state index contributed by atoms with van der Waals surface area (Å²) in [5.41, 5.74) is 5.67. The van der Waals surface area contributed by atoms with Gasteiger partial charge in [0.05, 0.1) is 6.04 Å². The minimum absolute atomic E-state index is 0.0900. The first kappa shape index (κ1) is 15.1. The zero-order valence-electron chi connectivity index (χ0n) is 12.3. The van der Waals surface area contributed by atoms with Crippen molar-refractivity contribution in [3.63, 3.8) is 0 Å². The van der Waals surface area contributed by atoms with Crippen molar-refractivity contribution in [2.45, 2.75) is 51.5 Å². The number of carbonyl (C=O) groups is 1. The highest BCUT2D eigenvalue weighted by atomic mass is 16.4. The Balaban J connectivity index is 1.77. The van der Waals surface area contributed by atoms with Crippen molar-refractivity contribution in [1.29, 1.82) is 0 Å². The fraction of sp³-hybridized carbons (Fsp3) is 0.857. The van der Waals surface area contributed by atoms with Crippen LogP contribution in [0.1, 0.15) is 45.4 Å². The first-order chi connectivity index (χ1) is 9.56. The van der Waals surface area contributed by atoms with Gasteiger partial charge in [0.1, 0.15) is 5.84 Å². The summed E-state index contributed by atoms with van der Waals surface area (Å²) in [6.07, 6.45) is 6.20. The van der Waals surface area contributed by atoms with Crippen molar-refractivity contribution in [2.75, 3.05) is 19.6 Å². The Morgan fingerprint density at radius 2 is 2.05 bits per heavy atom. The van der Waals surface area contributed by atoms with Gasteiger partial charge in [-0.15, -0.1) is 0 Å². The third kappa shape index (κ3) is 3.85. The van der Waals surface area contributed by atoms with Crippen molar-refractivity contribution in [1.82, 2.24) is 10.2 Å². The molecule has 2 rings (SSSR count). The molecule has 1 amide bonds. The van der Waals surface area contributed by atoms with Gasteiger partial charge >= 0.3 is 0 Å². The molecule has 1 unspecified atom stereocenters. The van der Waals surface area contributed by atoms with Crippen LogP contribution in [0.4, 0.5) is 0 Å². The minimum atomic E-state index is -0.155. The lowest BCUT2D eigenvalue weighted by Gasteiger charge is -2.30. The third-order valence-corrected chi connectivity index (χ3v) is 4.46. The third-order valence-electron chi connectivity index (χ3n) is 4.46. The highest BCUT2D eigenvalue weighted by Crippen LogP contribution is 2.48. The topological polar surface area (TPSA) is 91.0 Å². The van der Waals surface area contributed by atoms with E-state index in [9.17, 15) is 4.79 Å². The van der Waals surface area contributed by atoms with E-state index in [4.69, 9.17) is 10.9 Å². The number of nitrogens with zero attached hydrogens (tertiary/aromatic N) is 2. The highest BCUT2D eigenvalue weighted by Gasteiger charge is 2.43. The van der Waals surface area contributed by atoms with Crippen LogP contribution in [-0.2, 0) is 4.79 Å². The van der Waals surface area contributed by atoms with Crippen LogP contribution in [0.15, 0.2) is 5.16 Å². The number of amides is 1. The lowest BCUT2D eigenvalue weighted by atomic mass is 10.0. The molecular formula is C14H26N4O2. The number of carbonyl (C=O) groups excluding carboxylic acids is 1. The van der Waals surface area contributed by atoms with Crippen LogP contribution in [0.3, 0.4) is 0 Å². The number of hydrogen-bond donors (Lipinski definition) is 3. The Morgan fingerprint density at radius 3 is 2.60 bits per heavy atom. The molecule has 2 fully saturated rings. The Labute approximate surface area is 120 Å². The quantitative estimate of drug-likeness (QED) is 0.292. The smallest absolute Gasteiger partial charge is 0.239 e. The van der Waals surface area contributed by atoms with E-state index in [1.807, 2.05) is 11.8 Å². The number of nitrogens with one attached hydrogen (secondary N) is 1. The summed E-state index contributed by atoms with van der Waals surface area (Å²) in [7, 11) is 0. The van der Waals surface area contributed by atoms with E-state index >= 15 is 0 Å². The maximum Gasteiger partial charge on any atom is 0.239 e. The summed E-state index contributed by atoms with van der Waals surface area (Å²) in [5, 5.41) is 15.0. The van der Waals surface area contributed by atoms with Gasteiger partial charge in [-0.1, -0.05) is 5.16 Å². The number of hydrogen-bond acceptors (Lipinski definition) is 4. The molecule has 4 N–H and O–H groups in total. The van der Waals surface area contributed by atoms with E-state index in [2.05, 4.69) is 10.5 Å². The normalized spacial score (nSPS) is 23.4. The second kappa shape index (κ2) is 6.43. The van der Waals surface area contributed by atoms with Gasteiger partial charge in [-0.25, -0.2) is 0 Å². The summed E-state index contributed by atoms with van der Waals surface area (Å²) < 4.78 is 0. The molecule has 1 saturated carbocycles. The van der Waals surface area contributed by atoms with Crippen molar-refractivity contribution in [3.05, 3.63) is 0 Å². The van der Waals surface area contributed by atoms with Gasteiger partial charge in [0, 0.05) is 26.1 Å². The number of amidine groups is 1. The van der Waals surface area contributed by atoms with Gasteiger partial charge in [0.25, 0.3) is 0 Å². The standard InChI is InChI=1S/C14H26N4O2/c1-11(13(19)18-7-3-2-4-8-18)16-10-14(5-6-14)9-12(15)17-20/h11,16,20H,2-10H2,1H3,(H2,15,17). The zero-order chi connectivity index (χ0) is 14.6. The number of likely N-dealkylation sites (tertiary alicyclic amines) is 1. The zero-order valence-corrected chi connectivity index (χ0v) is 12.3. The molecule has 1 aliphatic heterocycles. The second-order valence-corrected chi connectivity index (χ2v) is 6.26. The lowest BCUT2D eigenvalue weighted by Crippen LogP contribution is -2.48. The van der Waals surface area contributed by atoms with Crippen LogP contribution in [0, 0.1) is 5.41 Å². The molecule has 20 heavy (non-hydrogen) atoms. The molecule has 2 aliphatic rings. The maximum absolute atomic E-state index is 12.3. The van der Waals surface area contributed by atoms with E-state index < -0.39 is 0 Å². The molecular weight excluding hydrogens is 256 g/mol. The van der Waals surface area contributed by atoms with Gasteiger partial charge in [-0.3, -0.25) is 4.79 Å². The molecule has 0 aromatic heterocycles. The van der Waals surface area contributed by atoms with Crippen LogP contribution in [-0.4, -0.2) is 47.5 Å². The average molecular weight is 282 g/mol. The summed E-state index contributed by atoms with van der Waals surface area (Å²) in [6, 6.07) is -0.155. The molecule has 1 aliphatic carbocycles.